The molecule has 0 fully saturated rings. The molecular weight excluding hydrogens is 359 g/mol. The quantitative estimate of drug-likeness (QED) is 0.649. The predicted molar refractivity (Wildman–Crippen MR) is 83.4 cm³/mol. The number of hydrogen-bond acceptors (Lipinski definition) is 1. The maximum atomic E-state index is 6.33. The van der Waals surface area contributed by atoms with E-state index in [1.54, 1.807) is 0 Å². The first-order chi connectivity index (χ1) is 8.77. The van der Waals surface area contributed by atoms with Crippen LogP contribution in [0.2, 0.25) is 5.02 Å². The Balaban J connectivity index is 2.26. The Morgan fingerprint density at radius 3 is 2.56 bits per heavy atom. The fourth-order valence-electron chi connectivity index (χ4n) is 2.12. The normalized spacial score (nSPS) is 14.1. The van der Waals surface area contributed by atoms with Crippen molar-refractivity contribution in [3.63, 3.8) is 0 Å². The molecule has 0 saturated heterocycles. The molecule has 2 aromatic carbocycles. The van der Waals surface area contributed by atoms with Gasteiger partial charge in [0.05, 0.1) is 5.02 Å². The fraction of sp³-hybridized carbons (Fsp3) is 0.0667. The molecule has 0 radical (unpaired) electrons. The summed E-state index contributed by atoms with van der Waals surface area (Å²) in [7, 11) is 0. The highest BCUT2D eigenvalue weighted by atomic mass is 127. The topological polar surface area (TPSA) is 9.23 Å². The molecule has 1 nitrogen and oxygen atoms in total. The zero-order valence-electron chi connectivity index (χ0n) is 9.49. The molecule has 1 aliphatic rings. The molecule has 0 aliphatic carbocycles. The molecule has 2 aromatic rings. The van der Waals surface area contributed by atoms with Crippen LogP contribution in [0.1, 0.15) is 11.1 Å². The summed E-state index contributed by atoms with van der Waals surface area (Å²) in [5.74, 6) is 0.863. The number of halogens is 2. The molecule has 3 rings (SSSR count). The highest BCUT2D eigenvalue weighted by Crippen LogP contribution is 2.42. The Kier molecular flexibility index (Phi) is 3.31. The van der Waals surface area contributed by atoms with Crippen LogP contribution in [0.15, 0.2) is 52.1 Å². The Labute approximate surface area is 125 Å². The van der Waals surface area contributed by atoms with E-state index in [-0.39, 0.29) is 0 Å². The summed E-state index contributed by atoms with van der Waals surface area (Å²) < 4.78 is 6.90. The SMILES string of the molecule is Clc1cccc2c1C(c1ccccc1)=C(I)CO2. The monoisotopic (exact) mass is 368 g/mol. The maximum absolute atomic E-state index is 6.33. The molecule has 0 N–H and O–H groups in total. The molecule has 3 heteroatoms. The summed E-state index contributed by atoms with van der Waals surface area (Å²) in [4.78, 5) is 0. The number of ether oxygens (including phenoxy) is 1. The fourth-order valence-corrected chi connectivity index (χ4v) is 3.12. The third-order valence-electron chi connectivity index (χ3n) is 2.91. The number of fused-ring (bicyclic) bond motifs is 1. The summed E-state index contributed by atoms with van der Waals surface area (Å²) in [5.41, 5.74) is 3.36. The average molecular weight is 369 g/mol. The molecule has 90 valence electrons. The van der Waals surface area contributed by atoms with Crippen molar-refractivity contribution in [2.75, 3.05) is 6.61 Å². The number of rotatable bonds is 1. The average Bonchev–Trinajstić information content (AvgIpc) is 2.40. The van der Waals surface area contributed by atoms with E-state index in [9.17, 15) is 0 Å². The molecule has 1 heterocycles. The first-order valence-electron chi connectivity index (χ1n) is 5.63. The van der Waals surface area contributed by atoms with Crippen molar-refractivity contribution in [3.05, 3.63) is 68.3 Å². The van der Waals surface area contributed by atoms with Gasteiger partial charge in [-0.2, -0.15) is 0 Å². The second-order valence-electron chi connectivity index (χ2n) is 4.05. The zero-order chi connectivity index (χ0) is 12.5. The van der Waals surface area contributed by atoms with Gasteiger partial charge in [0.15, 0.2) is 0 Å². The third kappa shape index (κ3) is 2.04. The van der Waals surface area contributed by atoms with E-state index in [4.69, 9.17) is 16.3 Å². The van der Waals surface area contributed by atoms with Crippen LogP contribution >= 0.6 is 34.2 Å². The summed E-state index contributed by atoms with van der Waals surface area (Å²) >= 11 is 8.67. The van der Waals surface area contributed by atoms with E-state index in [1.807, 2.05) is 36.4 Å². The summed E-state index contributed by atoms with van der Waals surface area (Å²) in [6, 6.07) is 16.1. The molecule has 0 amide bonds. The predicted octanol–water partition coefficient (Wildman–Crippen LogP) is 4.93. The van der Waals surface area contributed by atoms with Crippen LogP contribution in [-0.4, -0.2) is 6.61 Å². The highest BCUT2D eigenvalue weighted by Gasteiger charge is 2.22. The van der Waals surface area contributed by atoms with Crippen LogP contribution in [0.25, 0.3) is 5.57 Å². The van der Waals surface area contributed by atoms with Crippen molar-refractivity contribution in [2.24, 2.45) is 0 Å². The minimum absolute atomic E-state index is 0.609. The minimum Gasteiger partial charge on any atom is -0.488 e. The lowest BCUT2D eigenvalue weighted by molar-refractivity contribution is 0.356. The van der Waals surface area contributed by atoms with Gasteiger partial charge in [-0.15, -0.1) is 0 Å². The Hall–Kier alpha value is -1.000. The van der Waals surface area contributed by atoms with Crippen LogP contribution in [0.5, 0.6) is 5.75 Å². The van der Waals surface area contributed by atoms with Crippen LogP contribution in [-0.2, 0) is 0 Å². The van der Waals surface area contributed by atoms with Gasteiger partial charge in [-0.25, -0.2) is 0 Å². The van der Waals surface area contributed by atoms with Gasteiger partial charge < -0.3 is 4.74 Å². The van der Waals surface area contributed by atoms with Crippen molar-refractivity contribution >= 4 is 39.8 Å². The summed E-state index contributed by atoms with van der Waals surface area (Å²) in [6.07, 6.45) is 0. The highest BCUT2D eigenvalue weighted by molar-refractivity contribution is 14.1. The smallest absolute Gasteiger partial charge is 0.129 e. The molecule has 18 heavy (non-hydrogen) atoms. The first-order valence-corrected chi connectivity index (χ1v) is 7.09. The lowest BCUT2D eigenvalue weighted by atomic mass is 9.95. The van der Waals surface area contributed by atoms with Crippen LogP contribution < -0.4 is 4.74 Å². The van der Waals surface area contributed by atoms with Crippen molar-refractivity contribution in [1.82, 2.24) is 0 Å². The van der Waals surface area contributed by atoms with Gasteiger partial charge in [0.25, 0.3) is 0 Å². The molecule has 0 atom stereocenters. The second-order valence-corrected chi connectivity index (χ2v) is 5.76. The van der Waals surface area contributed by atoms with E-state index in [1.165, 1.54) is 14.7 Å². The van der Waals surface area contributed by atoms with E-state index in [0.717, 1.165) is 16.3 Å². The molecule has 0 spiro atoms. The first kappa shape index (κ1) is 12.1. The standard InChI is InChI=1S/C15H10ClIO/c16-11-7-4-8-13-15(11)14(12(17)9-18-13)10-5-2-1-3-6-10/h1-8H,9H2. The number of benzene rings is 2. The van der Waals surface area contributed by atoms with E-state index < -0.39 is 0 Å². The van der Waals surface area contributed by atoms with Gasteiger partial charge in [-0.1, -0.05) is 48.0 Å². The van der Waals surface area contributed by atoms with Crippen molar-refractivity contribution in [1.29, 1.82) is 0 Å². The lowest BCUT2D eigenvalue weighted by Gasteiger charge is -2.22. The molecule has 0 bridgehead atoms. The molecule has 0 unspecified atom stereocenters. The Bertz CT molecular complexity index is 620. The second kappa shape index (κ2) is 4.94. The number of hydrogen-bond donors (Lipinski definition) is 0. The van der Waals surface area contributed by atoms with Crippen LogP contribution in [0.3, 0.4) is 0 Å². The Morgan fingerprint density at radius 1 is 1.00 bits per heavy atom. The van der Waals surface area contributed by atoms with Crippen LogP contribution in [0, 0.1) is 0 Å². The van der Waals surface area contributed by atoms with E-state index in [0.29, 0.717) is 6.61 Å². The minimum atomic E-state index is 0.609. The molecule has 0 saturated carbocycles. The van der Waals surface area contributed by atoms with Crippen molar-refractivity contribution in [2.45, 2.75) is 0 Å². The van der Waals surface area contributed by atoms with Gasteiger partial charge in [-0.3, -0.25) is 0 Å². The van der Waals surface area contributed by atoms with Crippen molar-refractivity contribution in [3.8, 4) is 5.75 Å². The molecular formula is C15H10ClIO. The van der Waals surface area contributed by atoms with Gasteiger partial charge in [0.1, 0.15) is 12.4 Å². The largest absolute Gasteiger partial charge is 0.488 e. The van der Waals surface area contributed by atoms with Crippen molar-refractivity contribution < 1.29 is 4.74 Å². The molecule has 1 aliphatic heterocycles. The molecule has 0 aromatic heterocycles. The summed E-state index contributed by atoms with van der Waals surface area (Å²) in [6.45, 7) is 0.609. The summed E-state index contributed by atoms with van der Waals surface area (Å²) in [5, 5.41) is 0.736. The Morgan fingerprint density at radius 2 is 1.78 bits per heavy atom. The lowest BCUT2D eigenvalue weighted by Crippen LogP contribution is -2.09. The maximum Gasteiger partial charge on any atom is 0.129 e. The zero-order valence-corrected chi connectivity index (χ0v) is 12.4. The van der Waals surface area contributed by atoms with Gasteiger partial charge in [-0.05, 0) is 40.3 Å². The van der Waals surface area contributed by atoms with E-state index >= 15 is 0 Å². The van der Waals surface area contributed by atoms with Crippen LogP contribution in [0.4, 0.5) is 0 Å². The van der Waals surface area contributed by atoms with Gasteiger partial charge >= 0.3 is 0 Å². The van der Waals surface area contributed by atoms with E-state index in [2.05, 4.69) is 34.7 Å². The van der Waals surface area contributed by atoms with Gasteiger partial charge in [0.2, 0.25) is 0 Å². The van der Waals surface area contributed by atoms with Gasteiger partial charge in [0, 0.05) is 14.7 Å². The third-order valence-corrected chi connectivity index (χ3v) is 4.08.